The summed E-state index contributed by atoms with van der Waals surface area (Å²) >= 11 is 0. The average Bonchev–Trinajstić information content (AvgIpc) is 3.22. The molecule has 1 aliphatic heterocycles. The van der Waals surface area contributed by atoms with Crippen LogP contribution < -0.4 is 25.5 Å². The monoisotopic (exact) mass is 559 g/mol. The predicted octanol–water partition coefficient (Wildman–Crippen LogP) is 3.86. The van der Waals surface area contributed by atoms with Crippen LogP contribution in [0.5, 0.6) is 11.5 Å². The van der Waals surface area contributed by atoms with Gasteiger partial charge in [-0.15, -0.1) is 6.58 Å². The lowest BCUT2D eigenvalue weighted by atomic mass is 9.95. The van der Waals surface area contributed by atoms with Crippen LogP contribution in [0.4, 0.5) is 4.79 Å². The number of nitrogens with zero attached hydrogens (tertiary/aromatic N) is 2. The molecule has 0 saturated heterocycles. The number of benzene rings is 2. The molecule has 0 aliphatic carbocycles. The lowest BCUT2D eigenvalue weighted by molar-refractivity contribution is -0.139. The van der Waals surface area contributed by atoms with Crippen molar-refractivity contribution in [2.75, 3.05) is 20.3 Å². The summed E-state index contributed by atoms with van der Waals surface area (Å²) < 4.78 is 18.5. The van der Waals surface area contributed by atoms with Gasteiger partial charge in [0.05, 0.1) is 31.5 Å². The molecule has 3 amide bonds. The van der Waals surface area contributed by atoms with Crippen molar-refractivity contribution in [1.29, 1.82) is 0 Å². The maximum absolute atomic E-state index is 12.6. The molecular weight excluding hydrogens is 526 g/mol. The second-order valence-electron chi connectivity index (χ2n) is 9.20. The second-order valence-corrected chi connectivity index (χ2v) is 9.20. The van der Waals surface area contributed by atoms with E-state index in [1.165, 1.54) is 7.11 Å². The largest absolute Gasteiger partial charge is 0.493 e. The zero-order chi connectivity index (χ0) is 29.5. The summed E-state index contributed by atoms with van der Waals surface area (Å²) in [7, 11) is 1.45. The SMILES string of the molecule is C=CCn1c(C)c(/C=N\NC(=O)COc2ccc([C@@H]3NC(=O)NC(C)=C3C(=O)OCC)cc2OC)c2ccccc21. The maximum Gasteiger partial charge on any atom is 0.338 e. The van der Waals surface area contributed by atoms with Gasteiger partial charge in [0, 0.05) is 34.4 Å². The molecule has 1 aromatic heterocycles. The first kappa shape index (κ1) is 28.9. The third kappa shape index (κ3) is 6.24. The Bertz CT molecular complexity index is 1550. The number of esters is 1. The number of amides is 3. The van der Waals surface area contributed by atoms with Gasteiger partial charge in [-0.3, -0.25) is 4.79 Å². The highest BCUT2D eigenvalue weighted by Gasteiger charge is 2.32. The lowest BCUT2D eigenvalue weighted by Crippen LogP contribution is -2.45. The molecular formula is C30H33N5O6. The molecule has 4 rings (SSSR count). The number of hydrogen-bond acceptors (Lipinski definition) is 7. The number of nitrogens with one attached hydrogen (secondary N) is 3. The molecule has 0 radical (unpaired) electrons. The summed E-state index contributed by atoms with van der Waals surface area (Å²) in [6.45, 7) is 9.70. The number of aromatic nitrogens is 1. The van der Waals surface area contributed by atoms with Gasteiger partial charge in [0.1, 0.15) is 0 Å². The first-order chi connectivity index (χ1) is 19.8. The Labute approximate surface area is 237 Å². The number of urea groups is 1. The molecule has 214 valence electrons. The van der Waals surface area contributed by atoms with E-state index in [0.29, 0.717) is 29.3 Å². The number of carbonyl (C=O) groups excluding carboxylic acids is 3. The zero-order valence-electron chi connectivity index (χ0n) is 23.4. The van der Waals surface area contributed by atoms with Crippen LogP contribution >= 0.6 is 0 Å². The van der Waals surface area contributed by atoms with Gasteiger partial charge >= 0.3 is 12.0 Å². The smallest absolute Gasteiger partial charge is 0.338 e. The summed E-state index contributed by atoms with van der Waals surface area (Å²) in [4.78, 5) is 37.3. The molecule has 41 heavy (non-hydrogen) atoms. The van der Waals surface area contributed by atoms with Gasteiger partial charge in [-0.1, -0.05) is 30.3 Å². The minimum absolute atomic E-state index is 0.191. The van der Waals surface area contributed by atoms with E-state index in [9.17, 15) is 14.4 Å². The number of hydrazone groups is 1. The second kappa shape index (κ2) is 12.9. The number of fused-ring (bicyclic) bond motifs is 1. The quantitative estimate of drug-likeness (QED) is 0.141. The molecule has 2 aromatic carbocycles. The van der Waals surface area contributed by atoms with E-state index < -0.39 is 23.9 Å². The minimum Gasteiger partial charge on any atom is -0.493 e. The number of ether oxygens (including phenoxy) is 3. The summed E-state index contributed by atoms with van der Waals surface area (Å²) in [6, 6.07) is 11.7. The van der Waals surface area contributed by atoms with Crippen molar-refractivity contribution >= 4 is 35.0 Å². The maximum atomic E-state index is 12.6. The molecule has 11 heteroatoms. The van der Waals surface area contributed by atoms with E-state index >= 15 is 0 Å². The van der Waals surface area contributed by atoms with Crippen LogP contribution in [0.15, 0.2) is 71.5 Å². The Balaban J connectivity index is 1.45. The summed E-state index contributed by atoms with van der Waals surface area (Å²) in [5.41, 5.74) is 6.71. The van der Waals surface area contributed by atoms with Gasteiger partial charge in [0.2, 0.25) is 0 Å². The molecule has 11 nitrogen and oxygen atoms in total. The number of allylic oxidation sites excluding steroid dienone is 2. The number of para-hydroxylation sites is 1. The number of hydrogen-bond donors (Lipinski definition) is 3. The Morgan fingerprint density at radius 2 is 1.95 bits per heavy atom. The average molecular weight is 560 g/mol. The first-order valence-corrected chi connectivity index (χ1v) is 13.1. The molecule has 3 N–H and O–H groups in total. The topological polar surface area (TPSA) is 132 Å². The third-order valence-corrected chi connectivity index (χ3v) is 6.62. The zero-order valence-corrected chi connectivity index (χ0v) is 23.4. The minimum atomic E-state index is -0.760. The normalized spacial score (nSPS) is 14.9. The Morgan fingerprint density at radius 1 is 1.17 bits per heavy atom. The van der Waals surface area contributed by atoms with E-state index in [1.807, 2.05) is 37.3 Å². The van der Waals surface area contributed by atoms with E-state index in [1.54, 1.807) is 38.3 Å². The highest BCUT2D eigenvalue weighted by molar-refractivity contribution is 6.01. The van der Waals surface area contributed by atoms with E-state index in [4.69, 9.17) is 14.2 Å². The summed E-state index contributed by atoms with van der Waals surface area (Å²) in [5.74, 6) is -0.386. The van der Waals surface area contributed by atoms with E-state index in [2.05, 4.69) is 32.3 Å². The van der Waals surface area contributed by atoms with Gasteiger partial charge in [0.15, 0.2) is 18.1 Å². The van der Waals surface area contributed by atoms with E-state index in [0.717, 1.165) is 22.2 Å². The van der Waals surface area contributed by atoms with Crippen molar-refractivity contribution in [2.45, 2.75) is 33.4 Å². The highest BCUT2D eigenvalue weighted by Crippen LogP contribution is 2.34. The van der Waals surface area contributed by atoms with Crippen LogP contribution in [0.2, 0.25) is 0 Å². The fraction of sp³-hybridized carbons (Fsp3) is 0.267. The molecule has 1 atom stereocenters. The van der Waals surface area contributed by atoms with Crippen LogP contribution in [0.1, 0.15) is 36.7 Å². The molecule has 0 saturated carbocycles. The molecule has 3 aromatic rings. The molecule has 0 unspecified atom stereocenters. The van der Waals surface area contributed by atoms with Crippen LogP contribution in [0.25, 0.3) is 10.9 Å². The Morgan fingerprint density at radius 3 is 2.68 bits per heavy atom. The van der Waals surface area contributed by atoms with Crippen molar-refractivity contribution in [1.82, 2.24) is 20.6 Å². The van der Waals surface area contributed by atoms with Crippen LogP contribution in [-0.2, 0) is 20.9 Å². The van der Waals surface area contributed by atoms with Crippen LogP contribution in [0.3, 0.4) is 0 Å². The van der Waals surface area contributed by atoms with Crippen molar-refractivity contribution in [3.63, 3.8) is 0 Å². The number of methoxy groups -OCH3 is 1. The number of rotatable bonds is 11. The van der Waals surface area contributed by atoms with Crippen molar-refractivity contribution in [3.8, 4) is 11.5 Å². The fourth-order valence-corrected chi connectivity index (χ4v) is 4.74. The van der Waals surface area contributed by atoms with Gasteiger partial charge in [-0.2, -0.15) is 5.10 Å². The van der Waals surface area contributed by atoms with E-state index in [-0.39, 0.29) is 18.8 Å². The number of carbonyl (C=O) groups is 3. The standard InChI is InChI=1S/C30H33N5O6/c1-6-14-35-19(4)22(21-10-8-9-11-23(21)35)16-31-34-26(36)17-41-24-13-12-20(15-25(24)39-5)28-27(29(37)40-7-2)18(3)32-30(38)33-28/h6,8-13,15-16,28H,1,7,14,17H2,2-5H3,(H,34,36)(H2,32,33,38)/b31-16-/t28-/m0/s1. The van der Waals surface area contributed by atoms with Crippen molar-refractivity contribution < 1.29 is 28.6 Å². The molecule has 0 spiro atoms. The molecule has 1 aliphatic rings. The predicted molar refractivity (Wildman–Crippen MR) is 155 cm³/mol. The Kier molecular flexibility index (Phi) is 9.08. The van der Waals surface area contributed by atoms with Gasteiger partial charge in [-0.05, 0) is 44.5 Å². The fourth-order valence-electron chi connectivity index (χ4n) is 4.74. The summed E-state index contributed by atoms with van der Waals surface area (Å²) in [5, 5.41) is 10.5. The Hall–Kier alpha value is -5.06. The van der Waals surface area contributed by atoms with Crippen LogP contribution in [-0.4, -0.2) is 49.0 Å². The summed E-state index contributed by atoms with van der Waals surface area (Å²) in [6.07, 6.45) is 3.45. The highest BCUT2D eigenvalue weighted by atomic mass is 16.5. The molecule has 0 bridgehead atoms. The third-order valence-electron chi connectivity index (χ3n) is 6.62. The molecule has 0 fully saturated rings. The van der Waals surface area contributed by atoms with Gasteiger partial charge < -0.3 is 29.4 Å². The lowest BCUT2D eigenvalue weighted by Gasteiger charge is -2.28. The van der Waals surface area contributed by atoms with Crippen LogP contribution in [0, 0.1) is 6.92 Å². The first-order valence-electron chi connectivity index (χ1n) is 13.1. The van der Waals surface area contributed by atoms with Gasteiger partial charge in [0.25, 0.3) is 5.91 Å². The van der Waals surface area contributed by atoms with Gasteiger partial charge in [-0.25, -0.2) is 15.0 Å². The van der Waals surface area contributed by atoms with Crippen molar-refractivity contribution in [3.05, 3.63) is 83.2 Å². The van der Waals surface area contributed by atoms with Crippen molar-refractivity contribution in [2.24, 2.45) is 5.10 Å². The molecule has 2 heterocycles.